The van der Waals surface area contributed by atoms with Gasteiger partial charge in [-0.25, -0.2) is 17.6 Å². The third-order valence-corrected chi connectivity index (χ3v) is 6.49. The summed E-state index contributed by atoms with van der Waals surface area (Å²) in [6, 6.07) is 6.82. The molecule has 0 aliphatic carbocycles. The number of halogens is 9. The summed E-state index contributed by atoms with van der Waals surface area (Å²) in [5.41, 5.74) is -5.26. The molecule has 0 aromatic heterocycles. The predicted molar refractivity (Wildman–Crippen MR) is 113 cm³/mol. The van der Waals surface area contributed by atoms with E-state index in [2.05, 4.69) is 5.16 Å². The summed E-state index contributed by atoms with van der Waals surface area (Å²) in [4.78, 5) is 17.4. The van der Waals surface area contributed by atoms with Crippen molar-refractivity contribution in [3.63, 3.8) is 0 Å². The molecule has 188 valence electrons. The second-order valence-corrected chi connectivity index (χ2v) is 9.09. The fourth-order valence-corrected chi connectivity index (χ4v) is 4.47. The van der Waals surface area contributed by atoms with E-state index >= 15 is 4.39 Å². The number of benzene rings is 2. The van der Waals surface area contributed by atoms with E-state index in [1.165, 1.54) is 24.3 Å². The van der Waals surface area contributed by atoms with Crippen molar-refractivity contribution in [3.05, 3.63) is 69.0 Å². The number of carbonyl (C=O) groups is 1. The summed E-state index contributed by atoms with van der Waals surface area (Å²) >= 11 is 11.4. The predicted octanol–water partition coefficient (Wildman–Crippen LogP) is 6.38. The van der Waals surface area contributed by atoms with E-state index in [0.29, 0.717) is 0 Å². The lowest BCUT2D eigenvalue weighted by molar-refractivity contribution is -0.275. The van der Waals surface area contributed by atoms with Crippen LogP contribution in [0.2, 0.25) is 10.0 Å². The lowest BCUT2D eigenvalue weighted by atomic mass is 9.84. The van der Waals surface area contributed by atoms with Crippen LogP contribution in [0.15, 0.2) is 41.6 Å². The van der Waals surface area contributed by atoms with Gasteiger partial charge in [-0.15, -0.1) is 0 Å². The molecule has 0 spiro atoms. The Bertz CT molecular complexity index is 1160. The molecule has 13 heteroatoms. The maximum Gasteiger partial charge on any atom is 0.435 e. The first-order valence-electron chi connectivity index (χ1n) is 10.1. The monoisotopic (exact) mass is 542 g/mol. The standard InChI is InChI=1S/C22H15Cl2F7N2O2/c23-14-5-13(6-15(24)19(14)27)21(22(29,30)31)8-16(32-35-21)11-1-3-12(4-2-11)20(28)9-33(10-20)18(34)7-17(25)26/h1-6,17H,7-10H2. The molecule has 1 amide bonds. The first-order valence-corrected chi connectivity index (χ1v) is 10.8. The van der Waals surface area contributed by atoms with Crippen LogP contribution in [0.1, 0.15) is 29.5 Å². The minimum Gasteiger partial charge on any atom is -0.374 e. The van der Waals surface area contributed by atoms with Gasteiger partial charge < -0.3 is 9.74 Å². The maximum atomic E-state index is 15.1. The molecule has 1 unspecified atom stereocenters. The first-order chi connectivity index (χ1) is 16.3. The lowest BCUT2D eigenvalue weighted by Crippen LogP contribution is -2.59. The Balaban J connectivity index is 1.53. The SMILES string of the molecule is O=C(CC(F)F)N1CC(F)(c2ccc(C3=NOC(c4cc(Cl)c(F)c(Cl)c4)(C(F)(F)F)C3)cc2)C1. The molecular formula is C22H15Cl2F7N2O2. The van der Waals surface area contributed by atoms with Gasteiger partial charge in [-0.1, -0.05) is 52.6 Å². The fourth-order valence-electron chi connectivity index (χ4n) is 3.99. The third kappa shape index (κ3) is 4.55. The van der Waals surface area contributed by atoms with E-state index in [9.17, 15) is 31.1 Å². The summed E-state index contributed by atoms with van der Waals surface area (Å²) < 4.78 is 95.8. The molecule has 4 nitrogen and oxygen atoms in total. The van der Waals surface area contributed by atoms with Gasteiger partial charge in [0.05, 0.1) is 35.3 Å². The number of hydrogen-bond acceptors (Lipinski definition) is 3. The van der Waals surface area contributed by atoms with E-state index in [1.54, 1.807) is 0 Å². The summed E-state index contributed by atoms with van der Waals surface area (Å²) in [5, 5.41) is 2.34. The molecule has 1 atom stereocenters. The van der Waals surface area contributed by atoms with Crippen LogP contribution in [0.25, 0.3) is 0 Å². The number of alkyl halides is 6. The number of oxime groups is 1. The van der Waals surface area contributed by atoms with Crippen LogP contribution in [0.4, 0.5) is 30.7 Å². The summed E-state index contributed by atoms with van der Waals surface area (Å²) in [5.74, 6) is -1.94. The fraction of sp³-hybridized carbons (Fsp3) is 0.364. The Morgan fingerprint density at radius 2 is 1.66 bits per heavy atom. The molecule has 2 aliphatic heterocycles. The van der Waals surface area contributed by atoms with Crippen LogP contribution in [0, 0.1) is 5.82 Å². The zero-order valence-corrected chi connectivity index (χ0v) is 19.0. The summed E-state index contributed by atoms with van der Waals surface area (Å²) in [7, 11) is 0. The van der Waals surface area contributed by atoms with Crippen LogP contribution < -0.4 is 0 Å². The van der Waals surface area contributed by atoms with Crippen LogP contribution >= 0.6 is 23.2 Å². The average Bonchev–Trinajstić information content (AvgIpc) is 3.21. The highest BCUT2D eigenvalue weighted by Crippen LogP contribution is 2.50. The van der Waals surface area contributed by atoms with Gasteiger partial charge >= 0.3 is 6.18 Å². The van der Waals surface area contributed by atoms with Gasteiger partial charge in [0.25, 0.3) is 5.60 Å². The normalized spacial score (nSPS) is 21.5. The van der Waals surface area contributed by atoms with Gasteiger partial charge in [-0.3, -0.25) is 4.79 Å². The van der Waals surface area contributed by atoms with Crippen molar-refractivity contribution in [2.24, 2.45) is 5.16 Å². The number of likely N-dealkylation sites (tertiary alicyclic amines) is 1. The molecule has 2 aromatic carbocycles. The van der Waals surface area contributed by atoms with Crippen molar-refractivity contribution in [3.8, 4) is 0 Å². The van der Waals surface area contributed by atoms with Gasteiger partial charge in [0.2, 0.25) is 12.3 Å². The number of carbonyl (C=O) groups excluding carboxylic acids is 1. The molecule has 1 fully saturated rings. The highest BCUT2D eigenvalue weighted by Gasteiger charge is 2.62. The van der Waals surface area contributed by atoms with Gasteiger partial charge in [0.1, 0.15) is 0 Å². The Hall–Kier alpha value is -2.53. The van der Waals surface area contributed by atoms with Crippen molar-refractivity contribution < 1.29 is 40.4 Å². The van der Waals surface area contributed by atoms with Crippen molar-refractivity contribution >= 4 is 34.8 Å². The van der Waals surface area contributed by atoms with Crippen molar-refractivity contribution in [2.75, 3.05) is 13.1 Å². The van der Waals surface area contributed by atoms with Gasteiger partial charge in [-0.2, -0.15) is 13.2 Å². The smallest absolute Gasteiger partial charge is 0.374 e. The van der Waals surface area contributed by atoms with E-state index in [4.69, 9.17) is 28.0 Å². The van der Waals surface area contributed by atoms with Gasteiger partial charge in [0.15, 0.2) is 11.5 Å². The summed E-state index contributed by atoms with van der Waals surface area (Å²) in [6.07, 6.45) is -9.60. The van der Waals surface area contributed by atoms with Crippen molar-refractivity contribution in [1.82, 2.24) is 4.90 Å². The van der Waals surface area contributed by atoms with E-state index in [-0.39, 0.29) is 16.8 Å². The second-order valence-electron chi connectivity index (χ2n) is 8.27. The Morgan fingerprint density at radius 3 is 2.17 bits per heavy atom. The number of amides is 1. The number of hydrogen-bond donors (Lipinski definition) is 0. The Morgan fingerprint density at radius 1 is 1.09 bits per heavy atom. The molecule has 2 heterocycles. The molecule has 0 radical (unpaired) electrons. The largest absolute Gasteiger partial charge is 0.435 e. The van der Waals surface area contributed by atoms with Crippen molar-refractivity contribution in [1.29, 1.82) is 0 Å². The Labute approximate surface area is 204 Å². The molecule has 0 bridgehead atoms. The summed E-state index contributed by atoms with van der Waals surface area (Å²) in [6.45, 7) is -0.823. The average molecular weight is 543 g/mol. The lowest BCUT2D eigenvalue weighted by Gasteiger charge is -2.44. The molecule has 2 aliphatic rings. The molecule has 2 aromatic rings. The Kier molecular flexibility index (Phi) is 6.46. The van der Waals surface area contributed by atoms with Crippen LogP contribution in [-0.4, -0.2) is 42.2 Å². The van der Waals surface area contributed by atoms with Gasteiger partial charge in [-0.05, 0) is 23.3 Å². The van der Waals surface area contributed by atoms with Crippen molar-refractivity contribution in [2.45, 2.75) is 36.7 Å². The molecular weight excluding hydrogens is 528 g/mol. The first kappa shape index (κ1) is 25.6. The minimum absolute atomic E-state index is 0.110. The quantitative estimate of drug-likeness (QED) is 0.325. The molecule has 0 N–H and O–H groups in total. The highest BCUT2D eigenvalue weighted by atomic mass is 35.5. The second kappa shape index (κ2) is 8.85. The van der Waals surface area contributed by atoms with Crippen LogP contribution in [-0.2, 0) is 20.9 Å². The van der Waals surface area contributed by atoms with E-state index in [1.807, 2.05) is 0 Å². The molecule has 35 heavy (non-hydrogen) atoms. The van der Waals surface area contributed by atoms with Crippen LogP contribution in [0.3, 0.4) is 0 Å². The third-order valence-electron chi connectivity index (χ3n) is 5.94. The van der Waals surface area contributed by atoms with E-state index in [0.717, 1.165) is 17.0 Å². The number of rotatable bonds is 5. The minimum atomic E-state index is -4.98. The maximum absolute atomic E-state index is 15.1. The van der Waals surface area contributed by atoms with Crippen LogP contribution in [0.5, 0.6) is 0 Å². The van der Waals surface area contributed by atoms with Gasteiger partial charge in [0, 0.05) is 12.0 Å². The highest BCUT2D eigenvalue weighted by molar-refractivity contribution is 6.35. The zero-order chi connectivity index (χ0) is 25.8. The zero-order valence-electron chi connectivity index (χ0n) is 17.5. The molecule has 1 saturated heterocycles. The molecule has 0 saturated carbocycles. The number of nitrogens with zero attached hydrogens (tertiary/aromatic N) is 2. The van der Waals surface area contributed by atoms with E-state index < -0.39 is 77.1 Å². The topological polar surface area (TPSA) is 41.9 Å². The molecule has 4 rings (SSSR count).